The molecule has 1 aromatic carbocycles. The highest BCUT2D eigenvalue weighted by molar-refractivity contribution is 5.80. The van der Waals surface area contributed by atoms with Crippen molar-refractivity contribution < 1.29 is 4.79 Å². The van der Waals surface area contributed by atoms with E-state index < -0.39 is 6.04 Å². The molecule has 0 aliphatic heterocycles. The van der Waals surface area contributed by atoms with Crippen molar-refractivity contribution in [3.63, 3.8) is 0 Å². The summed E-state index contributed by atoms with van der Waals surface area (Å²) >= 11 is 0. The Balaban J connectivity index is 2.44. The zero-order chi connectivity index (χ0) is 11.3. The molecule has 3 nitrogen and oxygen atoms in total. The third kappa shape index (κ3) is 3.72. The van der Waals surface area contributed by atoms with Crippen molar-refractivity contribution >= 4 is 5.91 Å². The van der Waals surface area contributed by atoms with Crippen LogP contribution in [0.2, 0.25) is 0 Å². The molecule has 0 bridgehead atoms. The van der Waals surface area contributed by atoms with Gasteiger partial charge in [-0.2, -0.15) is 0 Å². The number of benzene rings is 1. The van der Waals surface area contributed by atoms with Crippen molar-refractivity contribution in [3.05, 3.63) is 35.9 Å². The number of carbonyl (C=O) groups excluding carboxylic acids is 1. The maximum atomic E-state index is 11.2. The number of nitrogens with two attached hydrogens (primary N) is 1. The Morgan fingerprint density at radius 1 is 1.33 bits per heavy atom. The minimum absolute atomic E-state index is 0.0993. The van der Waals surface area contributed by atoms with Gasteiger partial charge >= 0.3 is 0 Å². The van der Waals surface area contributed by atoms with Crippen molar-refractivity contribution in [2.24, 2.45) is 5.73 Å². The van der Waals surface area contributed by atoms with Crippen molar-refractivity contribution in [1.82, 2.24) is 5.32 Å². The molecular weight excluding hydrogens is 188 g/mol. The van der Waals surface area contributed by atoms with Gasteiger partial charge in [-0.25, -0.2) is 0 Å². The van der Waals surface area contributed by atoms with Gasteiger partial charge in [0.15, 0.2) is 0 Å². The van der Waals surface area contributed by atoms with Crippen LogP contribution < -0.4 is 11.1 Å². The van der Waals surface area contributed by atoms with E-state index in [2.05, 4.69) is 24.4 Å². The average Bonchev–Trinajstić information content (AvgIpc) is 2.26. The lowest BCUT2D eigenvalue weighted by atomic mass is 10.0. The van der Waals surface area contributed by atoms with Crippen LogP contribution in [0.3, 0.4) is 0 Å². The molecule has 0 heterocycles. The largest absolute Gasteiger partial charge is 0.354 e. The van der Waals surface area contributed by atoms with Gasteiger partial charge in [0, 0.05) is 6.54 Å². The van der Waals surface area contributed by atoms with Gasteiger partial charge in [-0.1, -0.05) is 37.3 Å². The van der Waals surface area contributed by atoms with E-state index in [1.54, 1.807) is 6.92 Å². The molecule has 0 saturated carbocycles. The third-order valence-electron chi connectivity index (χ3n) is 2.36. The number of rotatable bonds is 4. The van der Waals surface area contributed by atoms with Crippen LogP contribution in [0.25, 0.3) is 0 Å². The zero-order valence-corrected chi connectivity index (χ0v) is 9.23. The van der Waals surface area contributed by atoms with Crippen LogP contribution >= 0.6 is 0 Å². The van der Waals surface area contributed by atoms with Crippen LogP contribution in [0.15, 0.2) is 30.3 Å². The second-order valence-corrected chi connectivity index (χ2v) is 3.85. The molecular formula is C12H18N2O. The van der Waals surface area contributed by atoms with Crippen molar-refractivity contribution in [2.45, 2.75) is 25.8 Å². The molecule has 0 aliphatic rings. The first-order valence-corrected chi connectivity index (χ1v) is 5.19. The summed E-state index contributed by atoms with van der Waals surface area (Å²) in [5.74, 6) is 0.215. The topological polar surface area (TPSA) is 55.1 Å². The van der Waals surface area contributed by atoms with Gasteiger partial charge in [0.1, 0.15) is 0 Å². The summed E-state index contributed by atoms with van der Waals surface area (Å²) in [6.45, 7) is 4.39. The maximum absolute atomic E-state index is 11.2. The van der Waals surface area contributed by atoms with Crippen molar-refractivity contribution in [3.8, 4) is 0 Å². The van der Waals surface area contributed by atoms with Crippen molar-refractivity contribution in [1.29, 1.82) is 0 Å². The molecule has 0 saturated heterocycles. The molecule has 1 aromatic rings. The first-order chi connectivity index (χ1) is 7.11. The Labute approximate surface area is 90.7 Å². The van der Waals surface area contributed by atoms with Gasteiger partial charge in [0.2, 0.25) is 5.91 Å². The number of hydrogen-bond acceptors (Lipinski definition) is 2. The van der Waals surface area contributed by atoms with E-state index in [-0.39, 0.29) is 5.91 Å². The smallest absolute Gasteiger partial charge is 0.236 e. The standard InChI is InChI=1S/C12H18N2O/c1-9(8-14-12(15)10(2)13)11-6-4-3-5-7-11/h3-7,9-10H,8,13H2,1-2H3,(H,14,15)/t9?,10-/m0/s1. The Morgan fingerprint density at radius 2 is 1.93 bits per heavy atom. The fourth-order valence-corrected chi connectivity index (χ4v) is 1.31. The van der Waals surface area contributed by atoms with Crippen LogP contribution in [0.1, 0.15) is 25.3 Å². The van der Waals surface area contributed by atoms with Gasteiger partial charge in [0.25, 0.3) is 0 Å². The molecule has 3 N–H and O–H groups in total. The van der Waals surface area contributed by atoms with Crippen LogP contribution in [-0.2, 0) is 4.79 Å². The van der Waals surface area contributed by atoms with E-state index in [1.807, 2.05) is 18.2 Å². The molecule has 0 aromatic heterocycles. The minimum atomic E-state index is -0.437. The predicted molar refractivity (Wildman–Crippen MR) is 61.5 cm³/mol. The first kappa shape index (κ1) is 11.7. The molecule has 0 spiro atoms. The molecule has 1 unspecified atom stereocenters. The van der Waals surface area contributed by atoms with Gasteiger partial charge in [-0.15, -0.1) is 0 Å². The summed E-state index contributed by atoms with van der Waals surface area (Å²) in [5, 5.41) is 2.82. The Morgan fingerprint density at radius 3 is 2.47 bits per heavy atom. The Kier molecular flexibility index (Phi) is 4.31. The molecule has 0 radical (unpaired) electrons. The summed E-state index contributed by atoms with van der Waals surface area (Å²) in [4.78, 5) is 11.2. The van der Waals surface area contributed by atoms with E-state index in [0.29, 0.717) is 12.5 Å². The van der Waals surface area contributed by atoms with Crippen LogP contribution in [0.5, 0.6) is 0 Å². The fraction of sp³-hybridized carbons (Fsp3) is 0.417. The number of nitrogens with one attached hydrogen (secondary N) is 1. The molecule has 3 heteroatoms. The van der Waals surface area contributed by atoms with Gasteiger partial charge in [0.05, 0.1) is 6.04 Å². The summed E-state index contributed by atoms with van der Waals surface area (Å²) in [7, 11) is 0. The molecule has 15 heavy (non-hydrogen) atoms. The highest BCUT2D eigenvalue weighted by Crippen LogP contribution is 2.12. The SMILES string of the molecule is CC(CNC(=O)[C@H](C)N)c1ccccc1. The first-order valence-electron chi connectivity index (χ1n) is 5.19. The van der Waals surface area contributed by atoms with Crippen LogP contribution in [-0.4, -0.2) is 18.5 Å². The van der Waals surface area contributed by atoms with E-state index in [0.717, 1.165) is 0 Å². The van der Waals surface area contributed by atoms with E-state index >= 15 is 0 Å². The highest BCUT2D eigenvalue weighted by atomic mass is 16.2. The molecule has 2 atom stereocenters. The summed E-state index contributed by atoms with van der Waals surface area (Å²) in [6.07, 6.45) is 0. The molecule has 1 rings (SSSR count). The summed E-state index contributed by atoms with van der Waals surface area (Å²) < 4.78 is 0. The molecule has 0 aliphatic carbocycles. The fourth-order valence-electron chi connectivity index (χ4n) is 1.31. The third-order valence-corrected chi connectivity index (χ3v) is 2.36. The number of carbonyl (C=O) groups is 1. The molecule has 0 fully saturated rings. The van der Waals surface area contributed by atoms with Gasteiger partial charge in [-0.05, 0) is 18.4 Å². The number of hydrogen-bond donors (Lipinski definition) is 2. The van der Waals surface area contributed by atoms with Crippen LogP contribution in [0.4, 0.5) is 0 Å². The van der Waals surface area contributed by atoms with E-state index in [1.165, 1.54) is 5.56 Å². The quantitative estimate of drug-likeness (QED) is 0.779. The Hall–Kier alpha value is -1.35. The molecule has 82 valence electrons. The zero-order valence-electron chi connectivity index (χ0n) is 9.23. The monoisotopic (exact) mass is 206 g/mol. The Bertz CT molecular complexity index is 309. The van der Waals surface area contributed by atoms with Crippen LogP contribution in [0, 0.1) is 0 Å². The number of amides is 1. The van der Waals surface area contributed by atoms with Gasteiger partial charge in [-0.3, -0.25) is 4.79 Å². The lowest BCUT2D eigenvalue weighted by molar-refractivity contribution is -0.122. The highest BCUT2D eigenvalue weighted by Gasteiger charge is 2.09. The second kappa shape index (κ2) is 5.51. The molecule has 1 amide bonds. The maximum Gasteiger partial charge on any atom is 0.236 e. The average molecular weight is 206 g/mol. The lowest BCUT2D eigenvalue weighted by Gasteiger charge is -2.14. The van der Waals surface area contributed by atoms with Crippen molar-refractivity contribution in [2.75, 3.05) is 6.54 Å². The van der Waals surface area contributed by atoms with Gasteiger partial charge < -0.3 is 11.1 Å². The van der Waals surface area contributed by atoms with E-state index in [4.69, 9.17) is 5.73 Å². The summed E-state index contributed by atoms with van der Waals surface area (Å²) in [6, 6.07) is 9.66. The summed E-state index contributed by atoms with van der Waals surface area (Å²) in [5.41, 5.74) is 6.67. The van der Waals surface area contributed by atoms with E-state index in [9.17, 15) is 4.79 Å². The normalized spacial score (nSPS) is 14.3. The minimum Gasteiger partial charge on any atom is -0.354 e. The lowest BCUT2D eigenvalue weighted by Crippen LogP contribution is -2.39. The second-order valence-electron chi connectivity index (χ2n) is 3.85. The predicted octanol–water partition coefficient (Wildman–Crippen LogP) is 1.25.